The molecule has 0 aliphatic carbocycles. The molecule has 2 N–H and O–H groups in total. The van der Waals surface area contributed by atoms with Crippen molar-refractivity contribution in [3.05, 3.63) is 30.0 Å². The fourth-order valence-corrected chi connectivity index (χ4v) is 2.54. The number of nitrogens with one attached hydrogen (secondary N) is 1. The van der Waals surface area contributed by atoms with Crippen LogP contribution in [0.3, 0.4) is 0 Å². The molecule has 0 fully saturated rings. The van der Waals surface area contributed by atoms with Gasteiger partial charge in [-0.05, 0) is 38.8 Å². The first-order valence-corrected chi connectivity index (χ1v) is 7.71. The van der Waals surface area contributed by atoms with E-state index in [1.807, 2.05) is 25.1 Å². The molecule has 1 heterocycles. The van der Waals surface area contributed by atoms with Gasteiger partial charge in [0.05, 0.1) is 12.6 Å². The predicted octanol–water partition coefficient (Wildman–Crippen LogP) is 3.64. The summed E-state index contributed by atoms with van der Waals surface area (Å²) >= 11 is 0. The summed E-state index contributed by atoms with van der Waals surface area (Å²) in [7, 11) is 0. The van der Waals surface area contributed by atoms with Gasteiger partial charge in [-0.2, -0.15) is 0 Å². The third-order valence-corrected chi connectivity index (χ3v) is 3.71. The fraction of sp³-hybridized carbons (Fsp3) is 0.529. The van der Waals surface area contributed by atoms with E-state index >= 15 is 0 Å². The van der Waals surface area contributed by atoms with Crippen LogP contribution in [-0.4, -0.2) is 24.4 Å². The highest BCUT2D eigenvalue weighted by atomic mass is 16.5. The Kier molecular flexibility index (Phi) is 5.65. The standard InChI is InChI=1S/C17H25NO3/c1-4-14(9-10-19)18-12(3)16-11-13-7-6-8-15(20-5-2)17(13)21-16/h6-8,11-12,14,18-19H,4-5,9-10H2,1-3H3. The number of furan rings is 1. The van der Waals surface area contributed by atoms with E-state index in [0.29, 0.717) is 12.6 Å². The molecule has 1 aromatic heterocycles. The van der Waals surface area contributed by atoms with Crippen LogP contribution in [0.4, 0.5) is 0 Å². The van der Waals surface area contributed by atoms with Crippen molar-refractivity contribution >= 4 is 11.0 Å². The highest BCUT2D eigenvalue weighted by Crippen LogP contribution is 2.31. The summed E-state index contributed by atoms with van der Waals surface area (Å²) in [5.41, 5.74) is 0.804. The van der Waals surface area contributed by atoms with Crippen molar-refractivity contribution in [2.75, 3.05) is 13.2 Å². The Labute approximate surface area is 126 Å². The number of hydrogen-bond donors (Lipinski definition) is 2. The minimum absolute atomic E-state index is 0.100. The first-order valence-electron chi connectivity index (χ1n) is 7.71. The molecule has 0 saturated carbocycles. The lowest BCUT2D eigenvalue weighted by atomic mass is 10.1. The molecule has 2 atom stereocenters. The van der Waals surface area contributed by atoms with Crippen molar-refractivity contribution in [1.29, 1.82) is 0 Å². The summed E-state index contributed by atoms with van der Waals surface area (Å²) in [6, 6.07) is 8.39. The van der Waals surface area contributed by atoms with E-state index in [0.717, 1.165) is 35.3 Å². The van der Waals surface area contributed by atoms with Gasteiger partial charge in [-0.3, -0.25) is 0 Å². The smallest absolute Gasteiger partial charge is 0.176 e. The Hall–Kier alpha value is -1.52. The number of hydrogen-bond acceptors (Lipinski definition) is 4. The summed E-state index contributed by atoms with van der Waals surface area (Å²) < 4.78 is 11.6. The number of aliphatic hydroxyl groups excluding tert-OH is 1. The van der Waals surface area contributed by atoms with Crippen LogP contribution < -0.4 is 10.1 Å². The van der Waals surface area contributed by atoms with Gasteiger partial charge in [-0.25, -0.2) is 0 Å². The lowest BCUT2D eigenvalue weighted by Crippen LogP contribution is -2.31. The van der Waals surface area contributed by atoms with E-state index in [2.05, 4.69) is 25.2 Å². The monoisotopic (exact) mass is 291 g/mol. The molecule has 0 aliphatic rings. The van der Waals surface area contributed by atoms with Crippen molar-refractivity contribution in [3.8, 4) is 5.75 Å². The maximum Gasteiger partial charge on any atom is 0.176 e. The average Bonchev–Trinajstić information content (AvgIpc) is 2.92. The van der Waals surface area contributed by atoms with Gasteiger partial charge >= 0.3 is 0 Å². The molecule has 0 bridgehead atoms. The number of para-hydroxylation sites is 1. The van der Waals surface area contributed by atoms with Crippen molar-refractivity contribution in [2.24, 2.45) is 0 Å². The molecular formula is C17H25NO3. The Morgan fingerprint density at radius 3 is 2.81 bits per heavy atom. The molecule has 1 aromatic carbocycles. The Balaban J connectivity index is 2.19. The molecule has 4 nitrogen and oxygen atoms in total. The van der Waals surface area contributed by atoms with Gasteiger partial charge in [0.1, 0.15) is 5.76 Å². The second-order valence-electron chi connectivity index (χ2n) is 5.26. The normalized spacial score (nSPS) is 14.3. The minimum atomic E-state index is 0.100. The van der Waals surface area contributed by atoms with Crippen LogP contribution in [0.1, 0.15) is 45.4 Å². The first kappa shape index (κ1) is 15.9. The molecule has 116 valence electrons. The Bertz CT molecular complexity index is 564. The predicted molar refractivity (Wildman–Crippen MR) is 84.7 cm³/mol. The number of aliphatic hydroxyl groups is 1. The largest absolute Gasteiger partial charge is 0.490 e. The second-order valence-corrected chi connectivity index (χ2v) is 5.26. The zero-order chi connectivity index (χ0) is 15.2. The quantitative estimate of drug-likeness (QED) is 0.779. The lowest BCUT2D eigenvalue weighted by molar-refractivity contribution is 0.253. The van der Waals surface area contributed by atoms with Gasteiger partial charge in [0.15, 0.2) is 11.3 Å². The third-order valence-electron chi connectivity index (χ3n) is 3.71. The molecular weight excluding hydrogens is 266 g/mol. The van der Waals surface area contributed by atoms with Crippen LogP contribution in [0, 0.1) is 0 Å². The van der Waals surface area contributed by atoms with Crippen LogP contribution in [0.5, 0.6) is 5.75 Å². The molecule has 0 radical (unpaired) electrons. The maximum atomic E-state index is 9.08. The van der Waals surface area contributed by atoms with Gasteiger partial charge in [0.25, 0.3) is 0 Å². The molecule has 2 aromatic rings. The molecule has 0 aliphatic heterocycles. The number of ether oxygens (including phenoxy) is 1. The zero-order valence-corrected chi connectivity index (χ0v) is 13.1. The molecule has 4 heteroatoms. The van der Waals surface area contributed by atoms with Crippen LogP contribution >= 0.6 is 0 Å². The van der Waals surface area contributed by atoms with Gasteiger partial charge < -0.3 is 19.6 Å². The summed E-state index contributed by atoms with van der Waals surface area (Å²) in [4.78, 5) is 0. The number of benzene rings is 1. The summed E-state index contributed by atoms with van der Waals surface area (Å²) in [5.74, 6) is 1.68. The number of fused-ring (bicyclic) bond motifs is 1. The van der Waals surface area contributed by atoms with Crippen LogP contribution in [0.25, 0.3) is 11.0 Å². The topological polar surface area (TPSA) is 54.6 Å². The van der Waals surface area contributed by atoms with E-state index in [-0.39, 0.29) is 12.6 Å². The van der Waals surface area contributed by atoms with Crippen molar-refractivity contribution in [3.63, 3.8) is 0 Å². The third kappa shape index (κ3) is 3.77. The van der Waals surface area contributed by atoms with Crippen molar-refractivity contribution < 1.29 is 14.3 Å². The minimum Gasteiger partial charge on any atom is -0.490 e. The van der Waals surface area contributed by atoms with Crippen LogP contribution in [0.2, 0.25) is 0 Å². The Morgan fingerprint density at radius 2 is 2.14 bits per heavy atom. The Morgan fingerprint density at radius 1 is 1.33 bits per heavy atom. The summed E-state index contributed by atoms with van der Waals surface area (Å²) in [5, 5.41) is 13.6. The highest BCUT2D eigenvalue weighted by molar-refractivity contribution is 5.83. The van der Waals surface area contributed by atoms with Crippen LogP contribution in [-0.2, 0) is 0 Å². The zero-order valence-electron chi connectivity index (χ0n) is 13.1. The molecule has 0 spiro atoms. The highest BCUT2D eigenvalue weighted by Gasteiger charge is 2.16. The summed E-state index contributed by atoms with van der Waals surface area (Å²) in [6.45, 7) is 6.99. The van der Waals surface area contributed by atoms with E-state index in [1.54, 1.807) is 0 Å². The van der Waals surface area contributed by atoms with Crippen molar-refractivity contribution in [2.45, 2.75) is 45.7 Å². The lowest BCUT2D eigenvalue weighted by Gasteiger charge is -2.20. The molecule has 0 amide bonds. The molecule has 0 saturated heterocycles. The number of rotatable bonds is 8. The van der Waals surface area contributed by atoms with Crippen LogP contribution in [0.15, 0.2) is 28.7 Å². The fourth-order valence-electron chi connectivity index (χ4n) is 2.54. The van der Waals surface area contributed by atoms with Gasteiger partial charge in [0, 0.05) is 18.0 Å². The SMILES string of the molecule is CCOc1cccc2cc(C(C)NC(CC)CCO)oc12. The maximum absolute atomic E-state index is 9.08. The van der Waals surface area contributed by atoms with E-state index in [1.165, 1.54) is 0 Å². The van der Waals surface area contributed by atoms with Crippen molar-refractivity contribution in [1.82, 2.24) is 5.32 Å². The molecule has 21 heavy (non-hydrogen) atoms. The summed E-state index contributed by atoms with van der Waals surface area (Å²) in [6.07, 6.45) is 1.74. The first-order chi connectivity index (χ1) is 10.2. The molecule has 2 unspecified atom stereocenters. The van der Waals surface area contributed by atoms with Gasteiger partial charge in [-0.15, -0.1) is 0 Å². The van der Waals surface area contributed by atoms with E-state index in [9.17, 15) is 0 Å². The molecule has 2 rings (SSSR count). The second kappa shape index (κ2) is 7.48. The average molecular weight is 291 g/mol. The van der Waals surface area contributed by atoms with E-state index < -0.39 is 0 Å². The van der Waals surface area contributed by atoms with Gasteiger partial charge in [0.2, 0.25) is 0 Å². The van der Waals surface area contributed by atoms with E-state index in [4.69, 9.17) is 14.3 Å². The van der Waals surface area contributed by atoms with Gasteiger partial charge in [-0.1, -0.05) is 19.1 Å².